The Morgan fingerprint density at radius 3 is 2.28 bits per heavy atom. The molecule has 0 radical (unpaired) electrons. The van der Waals surface area contributed by atoms with Crippen LogP contribution in [-0.4, -0.2) is 64.9 Å². The van der Waals surface area contributed by atoms with E-state index in [2.05, 4.69) is 43.8 Å². The lowest BCUT2D eigenvalue weighted by atomic mass is 10.2. The van der Waals surface area contributed by atoms with Gasteiger partial charge in [-0.25, -0.2) is 0 Å². The van der Waals surface area contributed by atoms with Gasteiger partial charge in [0.15, 0.2) is 6.61 Å². The molecule has 1 aromatic carbocycles. The highest BCUT2D eigenvalue weighted by Crippen LogP contribution is 2.31. The van der Waals surface area contributed by atoms with Crippen molar-refractivity contribution < 1.29 is 31.1 Å². The summed E-state index contributed by atoms with van der Waals surface area (Å²) < 4.78 is 81.3. The number of piperazine rings is 1. The van der Waals surface area contributed by atoms with Crippen molar-refractivity contribution in [3.8, 4) is 6.01 Å². The molecular formula is C19H22F6N6O. The maximum atomic E-state index is 13.0. The van der Waals surface area contributed by atoms with Crippen molar-refractivity contribution in [1.82, 2.24) is 19.9 Å². The van der Waals surface area contributed by atoms with Gasteiger partial charge in [0.1, 0.15) is 0 Å². The molecule has 0 atom stereocenters. The summed E-state index contributed by atoms with van der Waals surface area (Å²) in [6.45, 7) is 4.92. The SMILES string of the molecule is CC(C)N1CCN(c2nc(Nc3cccc(C(F)(F)F)c3)nc(OCC(F)(F)F)n2)CC1. The van der Waals surface area contributed by atoms with Crippen LogP contribution >= 0.6 is 0 Å². The molecule has 176 valence electrons. The van der Waals surface area contributed by atoms with Gasteiger partial charge in [0.2, 0.25) is 11.9 Å². The smallest absolute Gasteiger partial charge is 0.422 e. The van der Waals surface area contributed by atoms with Gasteiger partial charge < -0.3 is 15.0 Å². The summed E-state index contributed by atoms with van der Waals surface area (Å²) in [6.07, 6.45) is -9.16. The van der Waals surface area contributed by atoms with Gasteiger partial charge in [0, 0.05) is 37.9 Å². The zero-order valence-corrected chi connectivity index (χ0v) is 17.3. The Balaban J connectivity index is 1.85. The predicted octanol–water partition coefficient (Wildman–Crippen LogP) is 4.11. The second kappa shape index (κ2) is 9.35. The Bertz CT molecular complexity index is 912. The largest absolute Gasteiger partial charge is 0.454 e. The highest BCUT2D eigenvalue weighted by molar-refractivity contribution is 5.56. The molecule has 13 heteroatoms. The van der Waals surface area contributed by atoms with E-state index in [4.69, 9.17) is 0 Å². The van der Waals surface area contributed by atoms with Crippen LogP contribution in [0.3, 0.4) is 0 Å². The van der Waals surface area contributed by atoms with E-state index in [1.54, 1.807) is 4.90 Å². The fourth-order valence-electron chi connectivity index (χ4n) is 3.09. The standard InChI is InChI=1S/C19H22F6N6O/c1-12(2)30-6-8-31(9-7-30)16-27-15(28-17(29-16)32-11-18(20,21)22)26-14-5-3-4-13(10-14)19(23,24)25/h3-5,10,12H,6-9,11H2,1-2H3,(H,26,27,28,29). The summed E-state index contributed by atoms with van der Waals surface area (Å²) in [5.74, 6) is -0.146. The topological polar surface area (TPSA) is 66.4 Å². The van der Waals surface area contributed by atoms with Crippen LogP contribution in [0.25, 0.3) is 0 Å². The minimum atomic E-state index is -4.61. The van der Waals surface area contributed by atoms with Crippen molar-refractivity contribution >= 4 is 17.6 Å². The van der Waals surface area contributed by atoms with Gasteiger partial charge in [0.25, 0.3) is 0 Å². The lowest BCUT2D eigenvalue weighted by molar-refractivity contribution is -0.154. The second-order valence-corrected chi connectivity index (χ2v) is 7.47. The number of rotatable bonds is 6. The first-order valence-electron chi connectivity index (χ1n) is 9.79. The molecule has 0 aliphatic carbocycles. The Labute approximate surface area is 180 Å². The van der Waals surface area contributed by atoms with Gasteiger partial charge in [0.05, 0.1) is 5.56 Å². The van der Waals surface area contributed by atoms with Gasteiger partial charge in [-0.3, -0.25) is 4.90 Å². The molecule has 0 unspecified atom stereocenters. The van der Waals surface area contributed by atoms with Crippen LogP contribution in [0, 0.1) is 0 Å². The number of alkyl halides is 6. The first kappa shape index (κ1) is 23.8. The molecule has 0 amide bonds. The summed E-state index contributed by atoms with van der Waals surface area (Å²) in [5.41, 5.74) is -0.876. The number of halogens is 6. The van der Waals surface area contributed by atoms with Crippen LogP contribution in [0.5, 0.6) is 6.01 Å². The van der Waals surface area contributed by atoms with Gasteiger partial charge in [-0.15, -0.1) is 0 Å². The maximum Gasteiger partial charge on any atom is 0.422 e. The summed E-state index contributed by atoms with van der Waals surface area (Å²) >= 11 is 0. The predicted molar refractivity (Wildman–Crippen MR) is 105 cm³/mol. The number of aromatic nitrogens is 3. The van der Waals surface area contributed by atoms with E-state index in [0.717, 1.165) is 12.1 Å². The van der Waals surface area contributed by atoms with Gasteiger partial charge in [-0.2, -0.15) is 41.3 Å². The molecule has 7 nitrogen and oxygen atoms in total. The molecule has 1 aliphatic heterocycles. The average molecular weight is 464 g/mol. The molecule has 3 rings (SSSR count). The number of benzene rings is 1. The third-order valence-electron chi connectivity index (χ3n) is 4.74. The summed E-state index contributed by atoms with van der Waals surface area (Å²) in [5, 5.41) is 2.60. The lowest BCUT2D eigenvalue weighted by Crippen LogP contribution is -2.49. The van der Waals surface area contributed by atoms with E-state index in [-0.39, 0.29) is 17.6 Å². The summed E-state index contributed by atoms with van der Waals surface area (Å²) in [7, 11) is 0. The van der Waals surface area contributed by atoms with Gasteiger partial charge >= 0.3 is 18.4 Å². The van der Waals surface area contributed by atoms with E-state index in [1.807, 2.05) is 0 Å². The molecule has 2 aromatic rings. The zero-order valence-electron chi connectivity index (χ0n) is 17.3. The maximum absolute atomic E-state index is 13.0. The van der Waals surface area contributed by atoms with Gasteiger partial charge in [-0.1, -0.05) is 6.07 Å². The number of nitrogens with one attached hydrogen (secondary N) is 1. The molecule has 0 spiro atoms. The number of nitrogens with zero attached hydrogens (tertiary/aromatic N) is 5. The van der Waals surface area contributed by atoms with Crippen LogP contribution in [0.4, 0.5) is 43.9 Å². The Morgan fingerprint density at radius 1 is 1.00 bits per heavy atom. The fourth-order valence-corrected chi connectivity index (χ4v) is 3.09. The first-order chi connectivity index (χ1) is 14.9. The van der Waals surface area contributed by atoms with Gasteiger partial charge in [-0.05, 0) is 32.0 Å². The zero-order chi connectivity index (χ0) is 23.5. The molecule has 1 aromatic heterocycles. The molecule has 1 saturated heterocycles. The lowest BCUT2D eigenvalue weighted by Gasteiger charge is -2.36. The van der Waals surface area contributed by atoms with Crippen LogP contribution in [0.1, 0.15) is 19.4 Å². The molecule has 32 heavy (non-hydrogen) atoms. The molecule has 2 heterocycles. The Hall–Kier alpha value is -2.83. The highest BCUT2D eigenvalue weighted by Gasteiger charge is 2.31. The summed E-state index contributed by atoms with van der Waals surface area (Å²) in [6, 6.07) is 4.06. The molecule has 0 saturated carbocycles. The highest BCUT2D eigenvalue weighted by atomic mass is 19.4. The normalized spacial score (nSPS) is 15.8. The molecule has 0 bridgehead atoms. The van der Waals surface area contributed by atoms with Crippen LogP contribution in [0.2, 0.25) is 0 Å². The molecule has 1 fully saturated rings. The number of hydrogen-bond donors (Lipinski definition) is 1. The summed E-state index contributed by atoms with van der Waals surface area (Å²) in [4.78, 5) is 15.9. The Morgan fingerprint density at radius 2 is 1.69 bits per heavy atom. The third-order valence-corrected chi connectivity index (χ3v) is 4.74. The number of anilines is 3. The number of hydrogen-bond acceptors (Lipinski definition) is 7. The fraction of sp³-hybridized carbons (Fsp3) is 0.526. The van der Waals surface area contributed by atoms with E-state index < -0.39 is 30.5 Å². The third kappa shape index (κ3) is 6.58. The van der Waals surface area contributed by atoms with E-state index in [1.165, 1.54) is 12.1 Å². The second-order valence-electron chi connectivity index (χ2n) is 7.47. The van der Waals surface area contributed by atoms with Crippen molar-refractivity contribution in [3.63, 3.8) is 0 Å². The van der Waals surface area contributed by atoms with Crippen molar-refractivity contribution in [3.05, 3.63) is 29.8 Å². The van der Waals surface area contributed by atoms with Crippen molar-refractivity contribution in [1.29, 1.82) is 0 Å². The monoisotopic (exact) mass is 464 g/mol. The molecule has 1 aliphatic rings. The first-order valence-corrected chi connectivity index (χ1v) is 9.79. The van der Waals surface area contributed by atoms with Crippen molar-refractivity contribution in [2.45, 2.75) is 32.2 Å². The van der Waals surface area contributed by atoms with E-state index >= 15 is 0 Å². The molecular weight excluding hydrogens is 442 g/mol. The number of ether oxygens (including phenoxy) is 1. The minimum absolute atomic E-state index is 0.0170. The van der Waals surface area contributed by atoms with Crippen molar-refractivity contribution in [2.24, 2.45) is 0 Å². The minimum Gasteiger partial charge on any atom is -0.454 e. The van der Waals surface area contributed by atoms with Crippen LogP contribution < -0.4 is 15.0 Å². The van der Waals surface area contributed by atoms with Crippen LogP contribution in [-0.2, 0) is 6.18 Å². The Kier molecular flexibility index (Phi) is 6.96. The molecule has 1 N–H and O–H groups in total. The van der Waals surface area contributed by atoms with Crippen molar-refractivity contribution in [2.75, 3.05) is 43.0 Å². The van der Waals surface area contributed by atoms with E-state index in [0.29, 0.717) is 32.2 Å². The van der Waals surface area contributed by atoms with E-state index in [9.17, 15) is 26.3 Å². The average Bonchev–Trinajstić information content (AvgIpc) is 2.71. The van der Waals surface area contributed by atoms with Crippen LogP contribution in [0.15, 0.2) is 24.3 Å². The quantitative estimate of drug-likeness (QED) is 0.646.